The number of hydrogen-bond donors (Lipinski definition) is 1. The average Bonchev–Trinajstić information content (AvgIpc) is 2.72. The summed E-state index contributed by atoms with van der Waals surface area (Å²) in [5.41, 5.74) is 10.4. The summed E-state index contributed by atoms with van der Waals surface area (Å²) in [6.45, 7) is 3.93. The molecule has 3 rings (SSSR count). The van der Waals surface area contributed by atoms with Crippen molar-refractivity contribution >= 4 is 11.5 Å². The molecule has 2 aromatic rings. The molecule has 0 fully saturated rings. The molecule has 1 aliphatic heterocycles. The van der Waals surface area contributed by atoms with E-state index in [2.05, 4.69) is 41.1 Å². The second-order valence-corrected chi connectivity index (χ2v) is 4.53. The van der Waals surface area contributed by atoms with E-state index in [-0.39, 0.29) is 0 Å². The van der Waals surface area contributed by atoms with Crippen LogP contribution in [0, 0.1) is 6.92 Å². The molecular formula is C14H15N3. The van der Waals surface area contributed by atoms with Crippen molar-refractivity contribution in [2.75, 3.05) is 10.6 Å². The van der Waals surface area contributed by atoms with Crippen molar-refractivity contribution in [1.29, 1.82) is 0 Å². The first kappa shape index (κ1) is 10.1. The third-order valence-electron chi connectivity index (χ3n) is 3.21. The third kappa shape index (κ3) is 1.73. The standard InChI is InChI=1S/C14H15N3/c1-10-6-13(15)7-16-14(10)17-8-11-4-2-3-5-12(11)9-17/h2-7H,8-9,15H2,1H3. The van der Waals surface area contributed by atoms with E-state index in [0.29, 0.717) is 0 Å². The molecule has 17 heavy (non-hydrogen) atoms. The summed E-state index contributed by atoms with van der Waals surface area (Å²) in [5, 5.41) is 0. The summed E-state index contributed by atoms with van der Waals surface area (Å²) in [6, 6.07) is 10.5. The van der Waals surface area contributed by atoms with E-state index < -0.39 is 0 Å². The van der Waals surface area contributed by atoms with Gasteiger partial charge in [-0.3, -0.25) is 0 Å². The van der Waals surface area contributed by atoms with E-state index in [4.69, 9.17) is 5.73 Å². The fourth-order valence-electron chi connectivity index (χ4n) is 2.40. The van der Waals surface area contributed by atoms with Crippen molar-refractivity contribution < 1.29 is 0 Å². The SMILES string of the molecule is Cc1cc(N)cnc1N1Cc2ccccc2C1. The van der Waals surface area contributed by atoms with Crippen molar-refractivity contribution in [1.82, 2.24) is 4.98 Å². The van der Waals surface area contributed by atoms with Gasteiger partial charge >= 0.3 is 0 Å². The zero-order valence-electron chi connectivity index (χ0n) is 9.85. The molecule has 0 bridgehead atoms. The quantitative estimate of drug-likeness (QED) is 0.810. The lowest BCUT2D eigenvalue weighted by Crippen LogP contribution is -2.17. The third-order valence-corrected chi connectivity index (χ3v) is 3.21. The molecule has 0 aliphatic carbocycles. The van der Waals surface area contributed by atoms with Gasteiger partial charge in [0.15, 0.2) is 0 Å². The predicted octanol–water partition coefficient (Wildman–Crippen LogP) is 2.49. The molecule has 0 saturated heterocycles. The number of rotatable bonds is 1. The van der Waals surface area contributed by atoms with Gasteiger partial charge in [-0.1, -0.05) is 24.3 Å². The molecule has 3 nitrogen and oxygen atoms in total. The molecule has 2 N–H and O–H groups in total. The Morgan fingerprint density at radius 1 is 1.18 bits per heavy atom. The normalized spacial score (nSPS) is 13.8. The van der Waals surface area contributed by atoms with Crippen LogP contribution in [0.25, 0.3) is 0 Å². The minimum absolute atomic E-state index is 0.725. The van der Waals surface area contributed by atoms with Crippen LogP contribution in [-0.4, -0.2) is 4.98 Å². The average molecular weight is 225 g/mol. The van der Waals surface area contributed by atoms with Crippen LogP contribution in [0.15, 0.2) is 36.5 Å². The molecule has 0 spiro atoms. The van der Waals surface area contributed by atoms with Gasteiger partial charge in [-0.15, -0.1) is 0 Å². The van der Waals surface area contributed by atoms with Crippen LogP contribution in [0.5, 0.6) is 0 Å². The number of nitrogens with two attached hydrogens (primary N) is 1. The highest BCUT2D eigenvalue weighted by molar-refractivity contribution is 5.55. The number of anilines is 2. The van der Waals surface area contributed by atoms with Gasteiger partial charge in [0, 0.05) is 13.1 Å². The number of fused-ring (bicyclic) bond motifs is 1. The van der Waals surface area contributed by atoms with E-state index in [0.717, 1.165) is 30.2 Å². The van der Waals surface area contributed by atoms with Crippen LogP contribution in [0.1, 0.15) is 16.7 Å². The molecule has 2 heterocycles. The molecule has 0 amide bonds. The maximum atomic E-state index is 5.73. The maximum absolute atomic E-state index is 5.73. The zero-order chi connectivity index (χ0) is 11.8. The van der Waals surface area contributed by atoms with Crippen LogP contribution in [-0.2, 0) is 13.1 Å². The van der Waals surface area contributed by atoms with E-state index in [9.17, 15) is 0 Å². The first-order valence-electron chi connectivity index (χ1n) is 5.78. The molecule has 1 aromatic carbocycles. The number of pyridine rings is 1. The van der Waals surface area contributed by atoms with Crippen molar-refractivity contribution in [2.45, 2.75) is 20.0 Å². The van der Waals surface area contributed by atoms with Gasteiger partial charge in [-0.05, 0) is 29.7 Å². The van der Waals surface area contributed by atoms with Gasteiger partial charge in [0.2, 0.25) is 0 Å². The number of aromatic nitrogens is 1. The Hall–Kier alpha value is -2.03. The lowest BCUT2D eigenvalue weighted by molar-refractivity contribution is 0.851. The Morgan fingerprint density at radius 3 is 2.41 bits per heavy atom. The summed E-state index contributed by atoms with van der Waals surface area (Å²) < 4.78 is 0. The minimum Gasteiger partial charge on any atom is -0.397 e. The van der Waals surface area contributed by atoms with Gasteiger partial charge in [0.25, 0.3) is 0 Å². The lowest BCUT2D eigenvalue weighted by atomic mass is 10.1. The largest absolute Gasteiger partial charge is 0.397 e. The Balaban J connectivity index is 1.94. The van der Waals surface area contributed by atoms with E-state index in [1.807, 2.05) is 6.07 Å². The smallest absolute Gasteiger partial charge is 0.132 e. The molecule has 0 unspecified atom stereocenters. The lowest BCUT2D eigenvalue weighted by Gasteiger charge is -2.18. The highest BCUT2D eigenvalue weighted by Crippen LogP contribution is 2.29. The Morgan fingerprint density at radius 2 is 1.82 bits per heavy atom. The van der Waals surface area contributed by atoms with Crippen molar-refractivity contribution in [3.05, 3.63) is 53.2 Å². The van der Waals surface area contributed by atoms with Crippen molar-refractivity contribution in [3.63, 3.8) is 0 Å². The van der Waals surface area contributed by atoms with Gasteiger partial charge in [0.1, 0.15) is 5.82 Å². The van der Waals surface area contributed by atoms with E-state index >= 15 is 0 Å². The molecule has 0 atom stereocenters. The highest BCUT2D eigenvalue weighted by atomic mass is 15.2. The Bertz CT molecular complexity index is 538. The first-order chi connectivity index (χ1) is 8.24. The summed E-state index contributed by atoms with van der Waals surface area (Å²) in [5.74, 6) is 1.04. The molecular weight excluding hydrogens is 210 g/mol. The van der Waals surface area contributed by atoms with Gasteiger partial charge < -0.3 is 10.6 Å². The fourth-order valence-corrected chi connectivity index (χ4v) is 2.40. The van der Waals surface area contributed by atoms with Gasteiger partial charge in [0.05, 0.1) is 11.9 Å². The Kier molecular flexibility index (Phi) is 2.25. The van der Waals surface area contributed by atoms with E-state index in [1.165, 1.54) is 11.1 Å². The molecule has 86 valence electrons. The van der Waals surface area contributed by atoms with Crippen LogP contribution in [0.3, 0.4) is 0 Å². The molecule has 0 radical (unpaired) electrons. The number of nitrogens with zero attached hydrogens (tertiary/aromatic N) is 2. The number of nitrogen functional groups attached to an aromatic ring is 1. The Labute approximate surface area is 101 Å². The first-order valence-corrected chi connectivity index (χ1v) is 5.78. The summed E-state index contributed by atoms with van der Waals surface area (Å²) >= 11 is 0. The number of aryl methyl sites for hydroxylation is 1. The van der Waals surface area contributed by atoms with Crippen molar-refractivity contribution in [3.8, 4) is 0 Å². The zero-order valence-corrected chi connectivity index (χ0v) is 9.85. The number of hydrogen-bond acceptors (Lipinski definition) is 3. The van der Waals surface area contributed by atoms with Crippen LogP contribution in [0.4, 0.5) is 11.5 Å². The highest BCUT2D eigenvalue weighted by Gasteiger charge is 2.20. The molecule has 1 aromatic heterocycles. The monoisotopic (exact) mass is 225 g/mol. The molecule has 1 aliphatic rings. The second-order valence-electron chi connectivity index (χ2n) is 4.53. The van der Waals surface area contributed by atoms with E-state index in [1.54, 1.807) is 6.20 Å². The van der Waals surface area contributed by atoms with Crippen LogP contribution >= 0.6 is 0 Å². The second kappa shape index (κ2) is 3.77. The molecule has 0 saturated carbocycles. The maximum Gasteiger partial charge on any atom is 0.132 e. The minimum atomic E-state index is 0.725. The fraction of sp³-hybridized carbons (Fsp3) is 0.214. The number of benzene rings is 1. The van der Waals surface area contributed by atoms with Gasteiger partial charge in [-0.2, -0.15) is 0 Å². The predicted molar refractivity (Wildman–Crippen MR) is 69.7 cm³/mol. The van der Waals surface area contributed by atoms with Gasteiger partial charge in [-0.25, -0.2) is 4.98 Å². The topological polar surface area (TPSA) is 42.1 Å². The van der Waals surface area contributed by atoms with Crippen LogP contribution < -0.4 is 10.6 Å². The van der Waals surface area contributed by atoms with Crippen molar-refractivity contribution in [2.24, 2.45) is 0 Å². The summed E-state index contributed by atoms with van der Waals surface area (Å²) in [4.78, 5) is 6.73. The summed E-state index contributed by atoms with van der Waals surface area (Å²) in [7, 11) is 0. The molecule has 3 heteroatoms. The summed E-state index contributed by atoms with van der Waals surface area (Å²) in [6.07, 6.45) is 1.73. The van der Waals surface area contributed by atoms with Crippen LogP contribution in [0.2, 0.25) is 0 Å².